The van der Waals surface area contributed by atoms with E-state index in [4.69, 9.17) is 14.2 Å². The molecule has 2 heterocycles. The largest absolute Gasteiger partial charge is 0.497 e. The lowest BCUT2D eigenvalue weighted by Crippen LogP contribution is -2.51. The predicted octanol–water partition coefficient (Wildman–Crippen LogP) is 2.32. The van der Waals surface area contributed by atoms with E-state index in [1.807, 2.05) is 35.2 Å². The number of rotatable bonds is 6. The van der Waals surface area contributed by atoms with Crippen LogP contribution in [0.15, 0.2) is 34.0 Å². The van der Waals surface area contributed by atoms with Crippen LogP contribution in [0.3, 0.4) is 0 Å². The van der Waals surface area contributed by atoms with Crippen LogP contribution in [0.1, 0.15) is 34.1 Å². The van der Waals surface area contributed by atoms with Gasteiger partial charge in [0.05, 0.1) is 25.2 Å². The van der Waals surface area contributed by atoms with Crippen LogP contribution in [0.5, 0.6) is 0 Å². The molecule has 0 saturated carbocycles. The Hall–Kier alpha value is -1.52. The summed E-state index contributed by atoms with van der Waals surface area (Å²) in [4.78, 5) is 16.7. The maximum Gasteiger partial charge on any atom is 0.248 e. The second-order valence-electron chi connectivity index (χ2n) is 8.69. The number of ether oxygens (including phenoxy) is 3. The third kappa shape index (κ3) is 8.33. The standard InChI is InChI=1S/C14H21NO3S.C10H20N2O2/c1-11-4-5-13(17-3)10-12(2)14(11)19(16)15-6-8-18-9-7-15;1-9(2)11-4-6-12(7-5-11)10(13)8-14-3/h5,10H,4,6-9H2,1-3H3;9H,4-8H2,1-3H3. The SMILES string of the molecule is COC1=CCC(C)=C(S(=O)N2CCOCC2)C(C)=C1.COCC(=O)N1CCN(C(C)C)CC1. The summed E-state index contributed by atoms with van der Waals surface area (Å²) >= 11 is 0. The highest BCUT2D eigenvalue weighted by molar-refractivity contribution is 7.87. The molecule has 33 heavy (non-hydrogen) atoms. The number of hydrogen-bond acceptors (Lipinski definition) is 6. The summed E-state index contributed by atoms with van der Waals surface area (Å²) in [6.07, 6.45) is 4.77. The van der Waals surface area contributed by atoms with Crippen molar-refractivity contribution in [3.63, 3.8) is 0 Å². The van der Waals surface area contributed by atoms with Crippen LogP contribution >= 0.6 is 0 Å². The molecule has 9 heteroatoms. The average molecular weight is 484 g/mol. The number of morpholine rings is 1. The number of allylic oxidation sites excluding steroid dienone is 4. The minimum atomic E-state index is -1.11. The van der Waals surface area contributed by atoms with E-state index >= 15 is 0 Å². The minimum absolute atomic E-state index is 0.107. The van der Waals surface area contributed by atoms with Gasteiger partial charge in [0.15, 0.2) is 0 Å². The molecule has 2 aliphatic heterocycles. The minimum Gasteiger partial charge on any atom is -0.497 e. The molecule has 8 nitrogen and oxygen atoms in total. The topological polar surface area (TPSA) is 71.5 Å². The Morgan fingerprint density at radius 3 is 2.27 bits per heavy atom. The first kappa shape index (κ1) is 27.7. The van der Waals surface area contributed by atoms with Crippen LogP contribution in [-0.2, 0) is 30.0 Å². The first-order valence-corrected chi connectivity index (χ1v) is 12.8. The van der Waals surface area contributed by atoms with Crippen molar-refractivity contribution in [1.82, 2.24) is 14.1 Å². The number of amides is 1. The summed E-state index contributed by atoms with van der Waals surface area (Å²) < 4.78 is 30.2. The maximum absolute atomic E-state index is 12.7. The monoisotopic (exact) mass is 483 g/mol. The van der Waals surface area contributed by atoms with Crippen LogP contribution in [0.4, 0.5) is 0 Å². The number of nitrogens with zero attached hydrogens (tertiary/aromatic N) is 3. The Labute approximate surface area is 201 Å². The number of carbonyl (C=O) groups excluding carboxylic acids is 1. The predicted molar refractivity (Wildman–Crippen MR) is 132 cm³/mol. The van der Waals surface area contributed by atoms with Crippen LogP contribution in [-0.4, -0.2) is 104 Å². The zero-order chi connectivity index (χ0) is 24.4. The van der Waals surface area contributed by atoms with Gasteiger partial charge in [-0.25, -0.2) is 8.51 Å². The molecule has 3 aliphatic rings. The van der Waals surface area contributed by atoms with E-state index in [1.165, 1.54) is 0 Å². The van der Waals surface area contributed by atoms with Crippen molar-refractivity contribution in [3.8, 4) is 0 Å². The second-order valence-corrected chi connectivity index (χ2v) is 10.1. The second kappa shape index (κ2) is 14.0. The zero-order valence-electron chi connectivity index (χ0n) is 21.1. The van der Waals surface area contributed by atoms with E-state index in [2.05, 4.69) is 18.7 Å². The molecule has 0 spiro atoms. The van der Waals surface area contributed by atoms with E-state index in [9.17, 15) is 9.00 Å². The Kier molecular flexibility index (Phi) is 11.8. The fourth-order valence-corrected chi connectivity index (χ4v) is 5.45. The van der Waals surface area contributed by atoms with Gasteiger partial charge in [-0.05, 0) is 51.8 Å². The Morgan fingerprint density at radius 2 is 1.73 bits per heavy atom. The van der Waals surface area contributed by atoms with Gasteiger partial charge in [0.1, 0.15) is 23.4 Å². The third-order valence-electron chi connectivity index (χ3n) is 5.99. The molecular weight excluding hydrogens is 442 g/mol. The van der Waals surface area contributed by atoms with Gasteiger partial charge in [0.2, 0.25) is 5.91 Å². The van der Waals surface area contributed by atoms with Crippen molar-refractivity contribution in [2.24, 2.45) is 0 Å². The van der Waals surface area contributed by atoms with Gasteiger partial charge in [-0.3, -0.25) is 9.69 Å². The lowest BCUT2D eigenvalue weighted by Gasteiger charge is -2.36. The summed E-state index contributed by atoms with van der Waals surface area (Å²) in [5.41, 5.74) is 2.17. The lowest BCUT2D eigenvalue weighted by molar-refractivity contribution is -0.137. The highest BCUT2D eigenvalue weighted by atomic mass is 32.2. The van der Waals surface area contributed by atoms with E-state index < -0.39 is 11.0 Å². The van der Waals surface area contributed by atoms with Crippen molar-refractivity contribution in [2.75, 3.05) is 73.3 Å². The molecule has 0 radical (unpaired) electrons. The maximum atomic E-state index is 12.7. The van der Waals surface area contributed by atoms with Crippen molar-refractivity contribution in [2.45, 2.75) is 40.2 Å². The summed E-state index contributed by atoms with van der Waals surface area (Å²) in [6, 6.07) is 0.578. The van der Waals surface area contributed by atoms with Crippen LogP contribution in [0.2, 0.25) is 0 Å². The molecule has 1 unspecified atom stereocenters. The first-order valence-electron chi connectivity index (χ1n) is 11.7. The van der Waals surface area contributed by atoms with Gasteiger partial charge in [0, 0.05) is 52.4 Å². The van der Waals surface area contributed by atoms with Crippen molar-refractivity contribution < 1.29 is 23.2 Å². The van der Waals surface area contributed by atoms with Crippen LogP contribution in [0, 0.1) is 0 Å². The molecule has 3 rings (SSSR count). The molecular formula is C24H41N3O5S. The molecule has 0 bridgehead atoms. The van der Waals surface area contributed by atoms with Crippen molar-refractivity contribution in [3.05, 3.63) is 34.0 Å². The molecule has 2 fully saturated rings. The summed E-state index contributed by atoms with van der Waals surface area (Å²) in [5, 5.41) is 0. The van der Waals surface area contributed by atoms with E-state index in [1.54, 1.807) is 14.2 Å². The molecule has 0 N–H and O–H groups in total. The first-order chi connectivity index (χ1) is 15.8. The van der Waals surface area contributed by atoms with Crippen LogP contribution < -0.4 is 0 Å². The summed E-state index contributed by atoms with van der Waals surface area (Å²) in [6.45, 7) is 15.0. The molecule has 0 aromatic heterocycles. The van der Waals surface area contributed by atoms with Gasteiger partial charge in [-0.15, -0.1) is 0 Å². The van der Waals surface area contributed by atoms with Gasteiger partial charge in [-0.2, -0.15) is 0 Å². The molecule has 0 aromatic carbocycles. The van der Waals surface area contributed by atoms with Gasteiger partial charge >= 0.3 is 0 Å². The smallest absolute Gasteiger partial charge is 0.248 e. The Balaban J connectivity index is 0.000000245. The highest BCUT2D eigenvalue weighted by Crippen LogP contribution is 2.28. The summed E-state index contributed by atoms with van der Waals surface area (Å²) in [7, 11) is 2.11. The third-order valence-corrected chi connectivity index (χ3v) is 7.85. The van der Waals surface area contributed by atoms with E-state index in [0.717, 1.165) is 67.5 Å². The molecule has 1 atom stereocenters. The lowest BCUT2D eigenvalue weighted by atomic mass is 10.1. The van der Waals surface area contributed by atoms with Gasteiger partial charge in [0.25, 0.3) is 0 Å². The van der Waals surface area contributed by atoms with Gasteiger partial charge < -0.3 is 19.1 Å². The Bertz CT molecular complexity index is 764. The van der Waals surface area contributed by atoms with E-state index in [-0.39, 0.29) is 12.5 Å². The molecule has 1 aliphatic carbocycles. The molecule has 1 amide bonds. The zero-order valence-corrected chi connectivity index (χ0v) is 21.9. The number of hydrogen-bond donors (Lipinski definition) is 0. The summed E-state index contributed by atoms with van der Waals surface area (Å²) in [5.74, 6) is 0.946. The van der Waals surface area contributed by atoms with Crippen molar-refractivity contribution in [1.29, 1.82) is 0 Å². The highest BCUT2D eigenvalue weighted by Gasteiger charge is 2.24. The van der Waals surface area contributed by atoms with Gasteiger partial charge in [-0.1, -0.05) is 5.57 Å². The average Bonchev–Trinajstić information content (AvgIpc) is 2.97. The molecule has 0 aromatic rings. The fraction of sp³-hybridized carbons (Fsp3) is 0.708. The van der Waals surface area contributed by atoms with E-state index in [0.29, 0.717) is 19.3 Å². The quantitative estimate of drug-likeness (QED) is 0.578. The Morgan fingerprint density at radius 1 is 1.09 bits per heavy atom. The van der Waals surface area contributed by atoms with Crippen molar-refractivity contribution >= 4 is 16.9 Å². The number of methoxy groups -OCH3 is 2. The molecule has 188 valence electrons. The fourth-order valence-electron chi connectivity index (χ4n) is 3.99. The number of carbonyl (C=O) groups is 1. The normalized spacial score (nSPS) is 21.6. The molecule has 2 saturated heterocycles. The number of piperazine rings is 1. The van der Waals surface area contributed by atoms with Crippen LogP contribution in [0.25, 0.3) is 0 Å².